The summed E-state index contributed by atoms with van der Waals surface area (Å²) in [5, 5.41) is 7.18. The molecule has 2 aromatic heterocycles. The van der Waals surface area contributed by atoms with Gasteiger partial charge in [0.25, 0.3) is 5.91 Å². The second-order valence-electron chi connectivity index (χ2n) is 6.52. The SMILES string of the molecule is COc1cccc(Nc2ncc(C(=O)NCCc3c[nH]c4ccccc34)cn2)c1. The molecule has 0 aliphatic rings. The number of hydrogen-bond acceptors (Lipinski definition) is 5. The van der Waals surface area contributed by atoms with Crippen molar-refractivity contribution >= 4 is 28.4 Å². The Kier molecular flexibility index (Phi) is 5.38. The van der Waals surface area contributed by atoms with Gasteiger partial charge < -0.3 is 20.4 Å². The zero-order chi connectivity index (χ0) is 20.1. The Morgan fingerprint density at radius 1 is 1.10 bits per heavy atom. The van der Waals surface area contributed by atoms with Crippen LogP contribution in [0, 0.1) is 0 Å². The van der Waals surface area contributed by atoms with Crippen LogP contribution >= 0.6 is 0 Å². The molecule has 0 radical (unpaired) electrons. The van der Waals surface area contributed by atoms with Crippen LogP contribution in [0.25, 0.3) is 10.9 Å². The molecule has 7 heteroatoms. The summed E-state index contributed by atoms with van der Waals surface area (Å²) >= 11 is 0. The van der Waals surface area contributed by atoms with Crippen LogP contribution in [-0.4, -0.2) is 34.5 Å². The maximum Gasteiger partial charge on any atom is 0.254 e. The fraction of sp³-hybridized carbons (Fsp3) is 0.136. The highest BCUT2D eigenvalue weighted by molar-refractivity contribution is 5.93. The van der Waals surface area contributed by atoms with Crippen LogP contribution < -0.4 is 15.4 Å². The van der Waals surface area contributed by atoms with Gasteiger partial charge in [0.15, 0.2) is 0 Å². The second kappa shape index (κ2) is 8.43. The molecule has 0 aliphatic carbocycles. The topological polar surface area (TPSA) is 91.9 Å². The van der Waals surface area contributed by atoms with Gasteiger partial charge in [-0.25, -0.2) is 9.97 Å². The first-order chi connectivity index (χ1) is 14.2. The largest absolute Gasteiger partial charge is 0.497 e. The summed E-state index contributed by atoms with van der Waals surface area (Å²) in [4.78, 5) is 24.0. The van der Waals surface area contributed by atoms with E-state index >= 15 is 0 Å². The van der Waals surface area contributed by atoms with E-state index in [1.165, 1.54) is 23.3 Å². The van der Waals surface area contributed by atoms with Crippen LogP contribution in [-0.2, 0) is 6.42 Å². The van der Waals surface area contributed by atoms with Gasteiger partial charge in [-0.3, -0.25) is 4.79 Å². The number of carbonyl (C=O) groups is 1. The number of H-pyrrole nitrogens is 1. The first kappa shape index (κ1) is 18.5. The normalized spacial score (nSPS) is 10.7. The smallest absolute Gasteiger partial charge is 0.254 e. The van der Waals surface area contributed by atoms with Gasteiger partial charge in [-0.2, -0.15) is 0 Å². The number of nitrogens with zero attached hydrogens (tertiary/aromatic N) is 2. The van der Waals surface area contributed by atoms with Crippen LogP contribution in [0.15, 0.2) is 67.1 Å². The summed E-state index contributed by atoms with van der Waals surface area (Å²) in [5.74, 6) is 0.951. The first-order valence-corrected chi connectivity index (χ1v) is 9.29. The molecule has 0 fully saturated rings. The highest BCUT2D eigenvalue weighted by atomic mass is 16.5. The summed E-state index contributed by atoms with van der Waals surface area (Å²) in [6, 6.07) is 15.6. The molecule has 4 rings (SSSR count). The lowest BCUT2D eigenvalue weighted by molar-refractivity contribution is 0.0953. The van der Waals surface area contributed by atoms with Gasteiger partial charge in [-0.05, 0) is 30.2 Å². The van der Waals surface area contributed by atoms with Crippen LogP contribution in [0.3, 0.4) is 0 Å². The number of nitrogens with one attached hydrogen (secondary N) is 3. The lowest BCUT2D eigenvalue weighted by Gasteiger charge is -2.08. The van der Waals surface area contributed by atoms with Gasteiger partial charge in [-0.15, -0.1) is 0 Å². The van der Waals surface area contributed by atoms with E-state index in [0.29, 0.717) is 18.1 Å². The van der Waals surface area contributed by atoms with Gasteiger partial charge in [0.05, 0.1) is 12.7 Å². The van der Waals surface area contributed by atoms with Crippen molar-refractivity contribution in [1.29, 1.82) is 0 Å². The fourth-order valence-corrected chi connectivity index (χ4v) is 3.09. The Labute approximate surface area is 168 Å². The fourth-order valence-electron chi connectivity index (χ4n) is 3.09. The summed E-state index contributed by atoms with van der Waals surface area (Å²) in [6.45, 7) is 0.532. The molecule has 7 nitrogen and oxygen atoms in total. The van der Waals surface area contributed by atoms with Gasteiger partial charge in [0.1, 0.15) is 5.75 Å². The van der Waals surface area contributed by atoms with Crippen LogP contribution in [0.4, 0.5) is 11.6 Å². The zero-order valence-electron chi connectivity index (χ0n) is 16.0. The van der Waals surface area contributed by atoms with E-state index in [2.05, 4.69) is 31.7 Å². The Morgan fingerprint density at radius 2 is 1.93 bits per heavy atom. The minimum atomic E-state index is -0.197. The number of ether oxygens (including phenoxy) is 1. The van der Waals surface area contributed by atoms with E-state index in [4.69, 9.17) is 4.74 Å². The van der Waals surface area contributed by atoms with Crippen LogP contribution in [0.1, 0.15) is 15.9 Å². The second-order valence-corrected chi connectivity index (χ2v) is 6.52. The molecule has 0 aliphatic heterocycles. The predicted molar refractivity (Wildman–Crippen MR) is 113 cm³/mol. The highest BCUT2D eigenvalue weighted by Crippen LogP contribution is 2.19. The Hall–Kier alpha value is -3.87. The number of amides is 1. The van der Waals surface area contributed by atoms with Crippen molar-refractivity contribution in [3.63, 3.8) is 0 Å². The number of hydrogen-bond donors (Lipinski definition) is 3. The number of anilines is 2. The molecule has 2 heterocycles. The maximum absolute atomic E-state index is 12.4. The monoisotopic (exact) mass is 387 g/mol. The molecule has 146 valence electrons. The van der Waals surface area contributed by atoms with E-state index in [-0.39, 0.29) is 5.91 Å². The number of methoxy groups -OCH3 is 1. The summed E-state index contributed by atoms with van der Waals surface area (Å²) < 4.78 is 5.20. The number of carbonyl (C=O) groups excluding carboxylic acids is 1. The summed E-state index contributed by atoms with van der Waals surface area (Å²) in [7, 11) is 1.61. The maximum atomic E-state index is 12.4. The third kappa shape index (κ3) is 4.35. The first-order valence-electron chi connectivity index (χ1n) is 9.29. The minimum absolute atomic E-state index is 0.197. The van der Waals surface area contributed by atoms with Gasteiger partial charge >= 0.3 is 0 Å². The standard InChI is InChI=1S/C22H21N5O2/c1-29-18-6-4-5-17(11-18)27-22-25-13-16(14-26-22)21(28)23-10-9-15-12-24-20-8-3-2-7-19(15)20/h2-8,11-14,24H,9-10H2,1H3,(H,23,28)(H,25,26,27). The van der Waals surface area contributed by atoms with E-state index in [1.54, 1.807) is 7.11 Å². The van der Waals surface area contributed by atoms with Crippen molar-refractivity contribution in [2.45, 2.75) is 6.42 Å². The number of benzene rings is 2. The average Bonchev–Trinajstić information content (AvgIpc) is 3.17. The molecule has 2 aromatic carbocycles. The molecule has 0 saturated heterocycles. The Bertz CT molecular complexity index is 1120. The van der Waals surface area contributed by atoms with E-state index in [0.717, 1.165) is 23.4 Å². The number of aromatic amines is 1. The minimum Gasteiger partial charge on any atom is -0.497 e. The van der Waals surface area contributed by atoms with Crippen molar-refractivity contribution in [1.82, 2.24) is 20.3 Å². The lowest BCUT2D eigenvalue weighted by atomic mass is 10.1. The van der Waals surface area contributed by atoms with Crippen molar-refractivity contribution < 1.29 is 9.53 Å². The molecule has 3 N–H and O–H groups in total. The third-order valence-electron chi connectivity index (χ3n) is 4.59. The number of aromatic nitrogens is 3. The van der Waals surface area contributed by atoms with Crippen molar-refractivity contribution in [2.24, 2.45) is 0 Å². The summed E-state index contributed by atoms with van der Waals surface area (Å²) in [5.41, 5.74) is 3.50. The quantitative estimate of drug-likeness (QED) is 0.450. The number of para-hydroxylation sites is 1. The average molecular weight is 387 g/mol. The van der Waals surface area contributed by atoms with E-state index < -0.39 is 0 Å². The van der Waals surface area contributed by atoms with Crippen LogP contribution in [0.2, 0.25) is 0 Å². The molecule has 0 atom stereocenters. The molecule has 0 unspecified atom stereocenters. The number of fused-ring (bicyclic) bond motifs is 1. The third-order valence-corrected chi connectivity index (χ3v) is 4.59. The van der Waals surface area contributed by atoms with Crippen molar-refractivity contribution in [3.8, 4) is 5.75 Å². The molecular formula is C22H21N5O2. The van der Waals surface area contributed by atoms with Crippen LogP contribution in [0.5, 0.6) is 5.75 Å². The number of rotatable bonds is 7. The van der Waals surface area contributed by atoms with Crippen molar-refractivity contribution in [2.75, 3.05) is 19.0 Å². The van der Waals surface area contributed by atoms with Gasteiger partial charge in [0.2, 0.25) is 5.95 Å². The van der Waals surface area contributed by atoms with E-state index in [9.17, 15) is 4.79 Å². The van der Waals surface area contributed by atoms with E-state index in [1.807, 2.05) is 48.7 Å². The Morgan fingerprint density at radius 3 is 2.76 bits per heavy atom. The predicted octanol–water partition coefficient (Wildman–Crippen LogP) is 3.68. The molecular weight excluding hydrogens is 366 g/mol. The molecule has 0 saturated carbocycles. The Balaban J connectivity index is 1.33. The molecule has 1 amide bonds. The van der Waals surface area contributed by atoms with Crippen molar-refractivity contribution in [3.05, 3.63) is 78.2 Å². The summed E-state index contributed by atoms with van der Waals surface area (Å²) in [6.07, 6.45) is 5.75. The molecule has 4 aromatic rings. The molecule has 0 bridgehead atoms. The molecule has 0 spiro atoms. The molecule has 29 heavy (non-hydrogen) atoms. The highest BCUT2D eigenvalue weighted by Gasteiger charge is 2.08. The van der Waals surface area contributed by atoms with Gasteiger partial charge in [0, 0.05) is 47.8 Å². The lowest BCUT2D eigenvalue weighted by Crippen LogP contribution is -2.26. The van der Waals surface area contributed by atoms with Gasteiger partial charge in [-0.1, -0.05) is 24.3 Å². The zero-order valence-corrected chi connectivity index (χ0v) is 16.0.